The number of aromatic hydroxyl groups is 1. The maximum atomic E-state index is 14.1. The number of amides is 2. The smallest absolute Gasteiger partial charge is 0.416 e. The van der Waals surface area contributed by atoms with Gasteiger partial charge in [0.1, 0.15) is 18.1 Å². The zero-order valence-corrected chi connectivity index (χ0v) is 29.7. The Labute approximate surface area is 313 Å². The Kier molecular flexibility index (Phi) is 11.4. The Hall–Kier alpha value is -5.14. The summed E-state index contributed by atoms with van der Waals surface area (Å²) in [6.45, 7) is 1.08. The minimum absolute atomic E-state index is 0.0848. The van der Waals surface area contributed by atoms with Crippen molar-refractivity contribution in [2.75, 3.05) is 18.1 Å². The molecule has 1 fully saturated rings. The average molecular weight is 768 g/mol. The van der Waals surface area contributed by atoms with Gasteiger partial charge in [-0.2, -0.15) is 26.3 Å². The van der Waals surface area contributed by atoms with E-state index in [0.717, 1.165) is 22.9 Å². The van der Waals surface area contributed by atoms with Crippen LogP contribution < -0.4 is 9.64 Å². The number of benzene rings is 4. The van der Waals surface area contributed by atoms with Crippen LogP contribution in [0.1, 0.15) is 55.7 Å². The van der Waals surface area contributed by atoms with E-state index in [9.17, 15) is 51.3 Å². The lowest BCUT2D eigenvalue weighted by Gasteiger charge is -2.36. The van der Waals surface area contributed by atoms with Crippen LogP contribution in [0.4, 0.5) is 32.0 Å². The van der Waals surface area contributed by atoms with Gasteiger partial charge in [-0.05, 0) is 84.2 Å². The van der Waals surface area contributed by atoms with Gasteiger partial charge >= 0.3 is 12.4 Å². The lowest BCUT2D eigenvalue weighted by Crippen LogP contribution is -2.40. The molecule has 55 heavy (non-hydrogen) atoms. The third-order valence-corrected chi connectivity index (χ3v) is 10.3. The van der Waals surface area contributed by atoms with Gasteiger partial charge in [-0.3, -0.25) is 9.59 Å². The summed E-state index contributed by atoms with van der Waals surface area (Å²) in [6.07, 6.45) is -7.98. The number of hydrogen-bond acceptors (Lipinski definition) is 6. The van der Waals surface area contributed by atoms with Gasteiger partial charge in [-0.25, -0.2) is 4.90 Å². The van der Waals surface area contributed by atoms with Crippen LogP contribution in [0.2, 0.25) is 0 Å². The van der Waals surface area contributed by atoms with Crippen LogP contribution in [-0.4, -0.2) is 46.5 Å². The molecule has 7 nitrogen and oxygen atoms in total. The normalized spacial score (nSPS) is 20.0. The molecule has 1 heterocycles. The molecule has 3 N–H and O–H groups in total. The van der Waals surface area contributed by atoms with Crippen LogP contribution in [0.3, 0.4) is 0 Å². The Morgan fingerprint density at radius 2 is 1.51 bits per heavy atom. The highest BCUT2D eigenvalue weighted by Gasteiger charge is 2.56. The Morgan fingerprint density at radius 1 is 0.873 bits per heavy atom. The van der Waals surface area contributed by atoms with Crippen LogP contribution in [-0.2, 0) is 21.9 Å². The van der Waals surface area contributed by atoms with Crippen molar-refractivity contribution in [2.45, 2.75) is 57.5 Å². The topological polar surface area (TPSA) is 107 Å². The number of phenolic OH excluding ortho intramolecular Hbond substituents is 1. The lowest BCUT2D eigenvalue weighted by molar-refractivity contribution is -0.143. The van der Waals surface area contributed by atoms with E-state index < -0.39 is 71.4 Å². The molecule has 4 aromatic carbocycles. The number of alkyl halides is 6. The lowest BCUT2D eigenvalue weighted by atomic mass is 9.68. The second kappa shape index (κ2) is 15.9. The standard InChI is InChI=1S/C42H39F6NO6/c1-2-8-24(17-25-14-16-35(51)32-12-7-6-11-31(25)32)13-15-36(52)37-26(23-55-30-9-4-3-5-10-30)18-33-38(34(37)22-50)40(54)49(39(33)53)29-20-27(41(43,44)45)19-28(21-29)42(46,47)48/h3-7,9-12,14,16-17,19-21,33-34,36,38,50-52H,2,8,13,15,18,22-23H2,1H3/b24-17+/t33-,34+,36-,38-/m1/s1. The van der Waals surface area contributed by atoms with Crippen molar-refractivity contribution in [1.82, 2.24) is 0 Å². The van der Waals surface area contributed by atoms with Gasteiger partial charge in [-0.1, -0.05) is 73.5 Å². The van der Waals surface area contributed by atoms with Crippen molar-refractivity contribution in [3.63, 3.8) is 0 Å². The second-order valence-electron chi connectivity index (χ2n) is 13.9. The van der Waals surface area contributed by atoms with E-state index in [-0.39, 0.29) is 36.8 Å². The van der Waals surface area contributed by atoms with E-state index >= 15 is 0 Å². The molecule has 1 saturated heterocycles. The fourth-order valence-corrected chi connectivity index (χ4v) is 7.82. The first-order valence-electron chi connectivity index (χ1n) is 17.9. The highest BCUT2D eigenvalue weighted by atomic mass is 19.4. The first-order chi connectivity index (χ1) is 26.1. The molecule has 4 atom stereocenters. The molecule has 1 aliphatic heterocycles. The van der Waals surface area contributed by atoms with Crippen molar-refractivity contribution < 1.29 is 56.0 Å². The average Bonchev–Trinajstić information content (AvgIpc) is 3.41. The number of aliphatic hydroxyl groups excluding tert-OH is 2. The Morgan fingerprint density at radius 3 is 2.13 bits per heavy atom. The Bertz CT molecular complexity index is 2090. The van der Waals surface area contributed by atoms with Gasteiger partial charge in [0.15, 0.2) is 0 Å². The zero-order chi connectivity index (χ0) is 39.7. The molecule has 0 spiro atoms. The Balaban J connectivity index is 1.35. The molecule has 1 aliphatic carbocycles. The molecule has 2 amide bonds. The molecular weight excluding hydrogens is 728 g/mol. The van der Waals surface area contributed by atoms with Crippen LogP contribution in [0.5, 0.6) is 11.5 Å². The van der Waals surface area contributed by atoms with Gasteiger partial charge < -0.3 is 20.1 Å². The number of anilines is 1. The molecule has 6 rings (SSSR count). The van der Waals surface area contributed by atoms with Gasteiger partial charge in [0.05, 0.1) is 41.4 Å². The van der Waals surface area contributed by atoms with Gasteiger partial charge in [0, 0.05) is 11.3 Å². The third-order valence-electron chi connectivity index (χ3n) is 10.3. The number of carbonyl (C=O) groups excluding carboxylic acids is 2. The highest BCUT2D eigenvalue weighted by molar-refractivity contribution is 6.22. The third kappa shape index (κ3) is 8.28. The fraction of sp³-hybridized carbons (Fsp3) is 0.333. The number of hydrogen-bond donors (Lipinski definition) is 3. The minimum atomic E-state index is -5.22. The number of halogens is 6. The minimum Gasteiger partial charge on any atom is -0.507 e. The fourth-order valence-electron chi connectivity index (χ4n) is 7.82. The predicted molar refractivity (Wildman–Crippen MR) is 194 cm³/mol. The van der Waals surface area contributed by atoms with E-state index in [0.29, 0.717) is 46.6 Å². The molecular formula is C42H39F6NO6. The molecule has 0 aromatic heterocycles. The van der Waals surface area contributed by atoms with Crippen molar-refractivity contribution in [2.24, 2.45) is 17.8 Å². The summed E-state index contributed by atoms with van der Waals surface area (Å²) in [4.78, 5) is 28.3. The largest absolute Gasteiger partial charge is 0.507 e. The number of carbonyl (C=O) groups is 2. The summed E-state index contributed by atoms with van der Waals surface area (Å²) in [7, 11) is 0. The molecule has 2 aliphatic rings. The van der Waals surface area contributed by atoms with Crippen molar-refractivity contribution >= 4 is 34.4 Å². The summed E-state index contributed by atoms with van der Waals surface area (Å²) in [5.41, 5.74) is -1.79. The molecule has 4 aromatic rings. The first-order valence-corrected chi connectivity index (χ1v) is 17.9. The number of allylic oxidation sites excluding steroid dienone is 1. The van der Waals surface area contributed by atoms with E-state index in [4.69, 9.17) is 4.74 Å². The highest BCUT2D eigenvalue weighted by Crippen LogP contribution is 2.49. The molecule has 0 bridgehead atoms. The van der Waals surface area contributed by atoms with E-state index in [1.807, 2.05) is 31.2 Å². The monoisotopic (exact) mass is 767 g/mol. The number of fused-ring (bicyclic) bond motifs is 2. The number of para-hydroxylation sites is 1. The van der Waals surface area contributed by atoms with Crippen LogP contribution in [0.25, 0.3) is 16.8 Å². The number of ether oxygens (including phenoxy) is 1. The number of imide groups is 1. The van der Waals surface area contributed by atoms with Crippen molar-refractivity contribution in [3.05, 3.63) is 118 Å². The molecule has 13 heteroatoms. The number of nitrogens with zero attached hydrogens (tertiary/aromatic N) is 1. The van der Waals surface area contributed by atoms with Gasteiger partial charge in [0.25, 0.3) is 0 Å². The van der Waals surface area contributed by atoms with E-state index in [2.05, 4.69) is 0 Å². The van der Waals surface area contributed by atoms with Crippen LogP contribution in [0, 0.1) is 17.8 Å². The summed E-state index contributed by atoms with van der Waals surface area (Å²) in [5.74, 6) is -5.33. The maximum absolute atomic E-state index is 14.1. The number of phenols is 1. The van der Waals surface area contributed by atoms with Crippen molar-refractivity contribution in [3.8, 4) is 11.5 Å². The predicted octanol–water partition coefficient (Wildman–Crippen LogP) is 9.10. The quantitative estimate of drug-likeness (QED) is 0.0755. The zero-order valence-electron chi connectivity index (χ0n) is 29.7. The van der Waals surface area contributed by atoms with E-state index in [1.165, 1.54) is 0 Å². The second-order valence-corrected chi connectivity index (χ2v) is 13.9. The van der Waals surface area contributed by atoms with Gasteiger partial charge in [0.2, 0.25) is 11.8 Å². The molecule has 0 saturated carbocycles. The summed E-state index contributed by atoms with van der Waals surface area (Å²) >= 11 is 0. The molecule has 290 valence electrons. The SMILES string of the molecule is CCC/C(=C\c1ccc(O)c2ccccc12)CC[C@@H](O)C1=C(COc2ccccc2)C[C@H]2C(=O)N(c3cc(C(F)(F)F)cc(C(F)(F)F)c3)C(=O)[C@H]2[C@H]1CO. The van der Waals surface area contributed by atoms with Crippen molar-refractivity contribution in [1.29, 1.82) is 0 Å². The van der Waals surface area contributed by atoms with Crippen LogP contribution in [0.15, 0.2) is 102 Å². The van der Waals surface area contributed by atoms with Gasteiger partial charge in [-0.15, -0.1) is 0 Å². The first kappa shape index (κ1) is 39.6. The molecule has 0 unspecified atom stereocenters. The maximum Gasteiger partial charge on any atom is 0.416 e. The van der Waals surface area contributed by atoms with Crippen LogP contribution >= 0.6 is 0 Å². The molecule has 0 radical (unpaired) electrons. The number of aliphatic hydroxyl groups is 2. The summed E-state index contributed by atoms with van der Waals surface area (Å²) < 4.78 is 88.7. The summed E-state index contributed by atoms with van der Waals surface area (Å²) in [5, 5.41) is 34.6. The van der Waals surface area contributed by atoms with E-state index in [1.54, 1.807) is 48.5 Å². The number of rotatable bonds is 12. The summed E-state index contributed by atoms with van der Waals surface area (Å²) in [6, 6.07) is 19.9.